The van der Waals surface area contributed by atoms with Crippen LogP contribution in [0.3, 0.4) is 0 Å². The Balaban J connectivity index is 1.74. The highest BCUT2D eigenvalue weighted by Gasteiger charge is 2.28. The quantitative estimate of drug-likeness (QED) is 0.378. The average molecular weight is 521 g/mol. The number of methoxy groups -OCH3 is 2. The van der Waals surface area contributed by atoms with Gasteiger partial charge in [-0.15, -0.1) is 0 Å². The van der Waals surface area contributed by atoms with Crippen molar-refractivity contribution in [2.75, 3.05) is 44.8 Å². The van der Waals surface area contributed by atoms with Gasteiger partial charge in [0.25, 0.3) is 10.0 Å². The van der Waals surface area contributed by atoms with Gasteiger partial charge >= 0.3 is 0 Å². The largest absolute Gasteiger partial charge is 0.494 e. The monoisotopic (exact) mass is 520 g/mol. The molecule has 3 rings (SSSR count). The summed E-state index contributed by atoms with van der Waals surface area (Å²) < 4.78 is 50.2. The van der Waals surface area contributed by atoms with Crippen molar-refractivity contribution in [1.29, 1.82) is 0 Å². The maximum atomic E-state index is 13.7. The molecule has 2 aromatic rings. The fraction of sp³-hybridized carbons (Fsp3) is 0.500. The van der Waals surface area contributed by atoms with Crippen molar-refractivity contribution < 1.29 is 32.2 Å². The Hall–Kier alpha value is -2.98. The third-order valence-electron chi connectivity index (χ3n) is 5.96. The van der Waals surface area contributed by atoms with Crippen molar-refractivity contribution in [2.45, 2.75) is 50.0 Å². The van der Waals surface area contributed by atoms with Crippen molar-refractivity contribution in [2.24, 2.45) is 0 Å². The van der Waals surface area contributed by atoms with Gasteiger partial charge in [-0.3, -0.25) is 9.10 Å². The van der Waals surface area contributed by atoms with E-state index in [0.29, 0.717) is 49.5 Å². The summed E-state index contributed by atoms with van der Waals surface area (Å²) in [4.78, 5) is 12.8. The summed E-state index contributed by atoms with van der Waals surface area (Å²) in [6, 6.07) is 10.9. The Morgan fingerprint density at radius 3 is 2.36 bits per heavy atom. The summed E-state index contributed by atoms with van der Waals surface area (Å²) in [5.74, 6) is 0.879. The fourth-order valence-corrected chi connectivity index (χ4v) is 5.52. The maximum absolute atomic E-state index is 13.7. The van der Waals surface area contributed by atoms with Crippen LogP contribution in [0.25, 0.3) is 0 Å². The standard InChI is InChI=1S/C26H36N2O7S/c1-4-34-22-12-10-20(11-13-22)28(19-26(29)27-16-7-17-35-21-8-5-6-9-21)36(30,31)23-14-15-24(32-2)25(18-23)33-3/h10-15,18,21H,4-9,16-17,19H2,1-3H3,(H,27,29). The molecule has 1 saturated carbocycles. The topological polar surface area (TPSA) is 103 Å². The van der Waals surface area contributed by atoms with Gasteiger partial charge in [-0.1, -0.05) is 12.8 Å². The number of amides is 1. The van der Waals surface area contributed by atoms with E-state index in [9.17, 15) is 13.2 Å². The van der Waals surface area contributed by atoms with Crippen molar-refractivity contribution in [3.05, 3.63) is 42.5 Å². The summed E-state index contributed by atoms with van der Waals surface area (Å²) in [6.07, 6.45) is 5.58. The molecule has 0 spiro atoms. The Morgan fingerprint density at radius 1 is 1.03 bits per heavy atom. The van der Waals surface area contributed by atoms with Gasteiger partial charge in [0.05, 0.1) is 37.5 Å². The van der Waals surface area contributed by atoms with Gasteiger partial charge in [0, 0.05) is 19.2 Å². The highest BCUT2D eigenvalue weighted by molar-refractivity contribution is 7.92. The minimum absolute atomic E-state index is 0.0215. The van der Waals surface area contributed by atoms with Gasteiger partial charge < -0.3 is 24.3 Å². The molecule has 0 heterocycles. The normalized spacial score (nSPS) is 13.9. The number of carbonyl (C=O) groups excluding carboxylic acids is 1. The molecule has 36 heavy (non-hydrogen) atoms. The maximum Gasteiger partial charge on any atom is 0.264 e. The molecule has 1 aliphatic carbocycles. The van der Waals surface area contributed by atoms with Gasteiger partial charge in [-0.25, -0.2) is 8.42 Å². The van der Waals surface area contributed by atoms with E-state index in [-0.39, 0.29) is 17.2 Å². The van der Waals surface area contributed by atoms with Gasteiger partial charge in [-0.2, -0.15) is 0 Å². The van der Waals surface area contributed by atoms with Crippen LogP contribution in [0.1, 0.15) is 39.0 Å². The first kappa shape index (κ1) is 27.6. The van der Waals surface area contributed by atoms with Crippen LogP contribution in [-0.2, 0) is 19.6 Å². The predicted octanol–water partition coefficient (Wildman–Crippen LogP) is 3.76. The zero-order chi connectivity index (χ0) is 26.0. The number of nitrogens with zero attached hydrogens (tertiary/aromatic N) is 1. The fourth-order valence-electron chi connectivity index (χ4n) is 4.09. The van der Waals surface area contributed by atoms with E-state index < -0.39 is 15.9 Å². The van der Waals surface area contributed by atoms with Crippen LogP contribution in [0.5, 0.6) is 17.2 Å². The molecule has 10 heteroatoms. The zero-order valence-electron chi connectivity index (χ0n) is 21.2. The minimum Gasteiger partial charge on any atom is -0.494 e. The van der Waals surface area contributed by atoms with E-state index in [1.54, 1.807) is 24.3 Å². The molecular weight excluding hydrogens is 484 g/mol. The third kappa shape index (κ3) is 7.27. The SMILES string of the molecule is CCOc1ccc(N(CC(=O)NCCCOC2CCCC2)S(=O)(=O)c2ccc(OC)c(OC)c2)cc1. The van der Waals surface area contributed by atoms with Gasteiger partial charge in [-0.05, 0) is 62.6 Å². The van der Waals surface area contributed by atoms with E-state index in [0.717, 1.165) is 17.1 Å². The Morgan fingerprint density at radius 2 is 1.72 bits per heavy atom. The first-order valence-electron chi connectivity index (χ1n) is 12.2. The highest BCUT2D eigenvalue weighted by Crippen LogP contribution is 2.32. The number of carbonyl (C=O) groups is 1. The van der Waals surface area contributed by atoms with E-state index >= 15 is 0 Å². The van der Waals surface area contributed by atoms with E-state index in [1.807, 2.05) is 6.92 Å². The number of rotatable bonds is 14. The number of anilines is 1. The molecule has 0 unspecified atom stereocenters. The molecule has 0 saturated heterocycles. The number of benzene rings is 2. The van der Waals surface area contributed by atoms with Crippen molar-refractivity contribution in [3.63, 3.8) is 0 Å². The summed E-state index contributed by atoms with van der Waals surface area (Å²) in [5.41, 5.74) is 0.341. The minimum atomic E-state index is -4.11. The van der Waals surface area contributed by atoms with Crippen LogP contribution >= 0.6 is 0 Å². The van der Waals surface area contributed by atoms with Crippen LogP contribution < -0.4 is 23.8 Å². The average Bonchev–Trinajstić information content (AvgIpc) is 3.41. The second kappa shape index (κ2) is 13.4. The molecule has 0 aromatic heterocycles. The zero-order valence-corrected chi connectivity index (χ0v) is 22.0. The van der Waals surface area contributed by atoms with Crippen LogP contribution in [0.15, 0.2) is 47.4 Å². The number of hydrogen-bond donors (Lipinski definition) is 1. The molecule has 0 aliphatic heterocycles. The first-order chi connectivity index (χ1) is 17.4. The van der Waals surface area contributed by atoms with Crippen LogP contribution in [0.2, 0.25) is 0 Å². The lowest BCUT2D eigenvalue weighted by atomic mass is 10.3. The van der Waals surface area contributed by atoms with Gasteiger partial charge in [0.2, 0.25) is 5.91 Å². The number of sulfonamides is 1. The Kier molecular flexibility index (Phi) is 10.2. The van der Waals surface area contributed by atoms with Gasteiger partial charge in [0.15, 0.2) is 11.5 Å². The number of hydrogen-bond acceptors (Lipinski definition) is 7. The van der Waals surface area contributed by atoms with Crippen molar-refractivity contribution in [1.82, 2.24) is 5.32 Å². The molecule has 1 fully saturated rings. The second-order valence-electron chi connectivity index (χ2n) is 8.44. The van der Waals surface area contributed by atoms with Crippen LogP contribution in [0.4, 0.5) is 5.69 Å². The Labute approximate surface area is 213 Å². The lowest BCUT2D eigenvalue weighted by Crippen LogP contribution is -2.41. The molecule has 0 bridgehead atoms. The molecule has 1 aliphatic rings. The first-order valence-corrected chi connectivity index (χ1v) is 13.7. The lowest BCUT2D eigenvalue weighted by molar-refractivity contribution is -0.119. The molecule has 198 valence electrons. The smallest absolute Gasteiger partial charge is 0.264 e. The molecule has 0 atom stereocenters. The summed E-state index contributed by atoms with van der Waals surface area (Å²) >= 11 is 0. The Bertz CT molecular complexity index is 1080. The third-order valence-corrected chi connectivity index (χ3v) is 7.73. The predicted molar refractivity (Wildman–Crippen MR) is 138 cm³/mol. The summed E-state index contributed by atoms with van der Waals surface area (Å²) in [7, 11) is -1.20. The number of nitrogens with one attached hydrogen (secondary N) is 1. The van der Waals surface area contributed by atoms with Crippen LogP contribution in [-0.4, -0.2) is 61.0 Å². The van der Waals surface area contributed by atoms with Crippen molar-refractivity contribution >= 4 is 21.6 Å². The molecule has 1 amide bonds. The molecule has 0 radical (unpaired) electrons. The van der Waals surface area contributed by atoms with Crippen molar-refractivity contribution in [3.8, 4) is 17.2 Å². The second-order valence-corrected chi connectivity index (χ2v) is 10.3. The van der Waals surface area contributed by atoms with E-state index in [4.69, 9.17) is 18.9 Å². The molecule has 2 aromatic carbocycles. The van der Waals surface area contributed by atoms with Crippen LogP contribution in [0, 0.1) is 0 Å². The van der Waals surface area contributed by atoms with E-state index in [2.05, 4.69) is 5.32 Å². The highest BCUT2D eigenvalue weighted by atomic mass is 32.2. The summed E-state index contributed by atoms with van der Waals surface area (Å²) in [5, 5.41) is 2.81. The van der Waals surface area contributed by atoms with Gasteiger partial charge in [0.1, 0.15) is 12.3 Å². The molecule has 9 nitrogen and oxygen atoms in total. The number of ether oxygens (including phenoxy) is 4. The lowest BCUT2D eigenvalue weighted by Gasteiger charge is -2.25. The van der Waals surface area contributed by atoms with E-state index in [1.165, 1.54) is 45.3 Å². The summed E-state index contributed by atoms with van der Waals surface area (Å²) in [6.45, 7) is 2.94. The molecule has 1 N–H and O–H groups in total. The molecular formula is C26H36N2O7S.